The minimum atomic E-state index is -0.310. The molecule has 4 rings (SSSR count). The highest BCUT2D eigenvalue weighted by molar-refractivity contribution is 5.65. The minimum Gasteiger partial charge on any atom is -0.348 e. The zero-order chi connectivity index (χ0) is 25.9. The lowest BCUT2D eigenvalue weighted by Crippen LogP contribution is -2.27. The molecule has 2 fully saturated rings. The van der Waals surface area contributed by atoms with Gasteiger partial charge in [0, 0.05) is 17.0 Å². The molecule has 0 atom stereocenters. The topological polar surface area (TPSA) is 18.5 Å². The molecular formula is C34H49FO2. The van der Waals surface area contributed by atoms with E-state index in [-0.39, 0.29) is 12.1 Å². The average molecular weight is 509 g/mol. The van der Waals surface area contributed by atoms with Crippen molar-refractivity contribution in [2.24, 2.45) is 11.8 Å². The lowest BCUT2D eigenvalue weighted by molar-refractivity contribution is -0.206. The van der Waals surface area contributed by atoms with Gasteiger partial charge in [-0.15, -0.1) is 0 Å². The van der Waals surface area contributed by atoms with Crippen molar-refractivity contribution in [3.63, 3.8) is 0 Å². The third kappa shape index (κ3) is 8.39. The Balaban J connectivity index is 1.25. The zero-order valence-electron chi connectivity index (χ0n) is 23.4. The molecule has 2 aromatic carbocycles. The van der Waals surface area contributed by atoms with E-state index < -0.39 is 0 Å². The maximum Gasteiger partial charge on any atom is 0.183 e. The van der Waals surface area contributed by atoms with E-state index in [0.717, 1.165) is 30.3 Å². The Morgan fingerprint density at radius 1 is 0.676 bits per heavy atom. The molecule has 0 aromatic heterocycles. The molecule has 204 valence electrons. The fourth-order valence-corrected chi connectivity index (χ4v) is 6.25. The predicted octanol–water partition coefficient (Wildman–Crippen LogP) is 10.4. The summed E-state index contributed by atoms with van der Waals surface area (Å²) in [5, 5.41) is 0. The second kappa shape index (κ2) is 15.0. The van der Waals surface area contributed by atoms with Crippen molar-refractivity contribution in [1.82, 2.24) is 0 Å². The molecule has 2 aromatic rings. The Morgan fingerprint density at radius 3 is 1.95 bits per heavy atom. The van der Waals surface area contributed by atoms with Crippen LogP contribution in [0.15, 0.2) is 42.5 Å². The molecule has 2 nitrogen and oxygen atoms in total. The molecule has 1 saturated heterocycles. The van der Waals surface area contributed by atoms with Crippen LogP contribution in [0.4, 0.5) is 4.39 Å². The molecule has 1 aliphatic heterocycles. The van der Waals surface area contributed by atoms with E-state index in [1.807, 2.05) is 30.3 Å². The van der Waals surface area contributed by atoms with E-state index in [2.05, 4.69) is 19.9 Å². The standard InChI is InChI=1S/C34H49FO2/c1-3-5-7-8-10-12-27-24-36-34(37-25-27)30-19-17-29(18-20-30)32-22-21-31(23-33(32)35)28-15-13-26(14-16-28)11-9-6-4-2/h17-23,26-28,34H,3-16,24-25H2,1-2H3/t26-,27?,28-,34?. The van der Waals surface area contributed by atoms with Gasteiger partial charge in [-0.3, -0.25) is 0 Å². The van der Waals surface area contributed by atoms with Crippen LogP contribution in [-0.4, -0.2) is 13.2 Å². The molecule has 0 spiro atoms. The van der Waals surface area contributed by atoms with E-state index >= 15 is 4.39 Å². The number of hydrogen-bond donors (Lipinski definition) is 0. The van der Waals surface area contributed by atoms with Gasteiger partial charge in [0.1, 0.15) is 5.82 Å². The minimum absolute atomic E-state index is 0.109. The summed E-state index contributed by atoms with van der Waals surface area (Å²) in [5.74, 6) is 1.78. The number of halogens is 1. The summed E-state index contributed by atoms with van der Waals surface area (Å²) < 4.78 is 27.3. The monoisotopic (exact) mass is 508 g/mol. The van der Waals surface area contributed by atoms with Crippen molar-refractivity contribution < 1.29 is 13.9 Å². The molecule has 1 aliphatic carbocycles. The lowest BCUT2D eigenvalue weighted by atomic mass is 9.77. The normalized spacial score (nSPS) is 24.3. The van der Waals surface area contributed by atoms with Crippen LogP contribution in [0.3, 0.4) is 0 Å². The highest BCUT2D eigenvalue weighted by Gasteiger charge is 2.24. The molecule has 1 saturated carbocycles. The van der Waals surface area contributed by atoms with Crippen LogP contribution in [-0.2, 0) is 9.47 Å². The Kier molecular flexibility index (Phi) is 11.5. The third-order valence-electron chi connectivity index (χ3n) is 8.70. The smallest absolute Gasteiger partial charge is 0.183 e. The van der Waals surface area contributed by atoms with Crippen molar-refractivity contribution in [2.45, 2.75) is 116 Å². The summed E-state index contributed by atoms with van der Waals surface area (Å²) in [6.45, 7) is 6.05. The van der Waals surface area contributed by atoms with Crippen LogP contribution in [0.25, 0.3) is 11.1 Å². The second-order valence-electron chi connectivity index (χ2n) is 11.6. The first-order chi connectivity index (χ1) is 18.2. The number of ether oxygens (including phenoxy) is 2. The number of unbranched alkanes of at least 4 members (excludes halogenated alkanes) is 6. The Hall–Kier alpha value is -1.71. The van der Waals surface area contributed by atoms with Crippen LogP contribution in [0, 0.1) is 17.7 Å². The number of hydrogen-bond acceptors (Lipinski definition) is 2. The maximum absolute atomic E-state index is 15.2. The van der Waals surface area contributed by atoms with Gasteiger partial charge in [0.25, 0.3) is 0 Å². The SMILES string of the molecule is CCCCCCCC1COC(c2ccc(-c3ccc([C@H]4CC[C@H](CCCCC)CC4)cc3F)cc2)OC1. The predicted molar refractivity (Wildman–Crippen MR) is 152 cm³/mol. The van der Waals surface area contributed by atoms with Gasteiger partial charge in [-0.25, -0.2) is 4.39 Å². The van der Waals surface area contributed by atoms with Crippen LogP contribution < -0.4 is 0 Å². The molecule has 3 heteroatoms. The van der Waals surface area contributed by atoms with E-state index in [4.69, 9.17) is 9.47 Å². The molecular weight excluding hydrogens is 459 g/mol. The van der Waals surface area contributed by atoms with Crippen LogP contribution >= 0.6 is 0 Å². The van der Waals surface area contributed by atoms with E-state index in [9.17, 15) is 0 Å². The molecule has 0 amide bonds. The van der Waals surface area contributed by atoms with Crippen molar-refractivity contribution in [1.29, 1.82) is 0 Å². The zero-order valence-corrected chi connectivity index (χ0v) is 23.4. The van der Waals surface area contributed by atoms with Crippen molar-refractivity contribution >= 4 is 0 Å². The van der Waals surface area contributed by atoms with E-state index in [1.54, 1.807) is 6.07 Å². The first-order valence-electron chi connectivity index (χ1n) is 15.3. The van der Waals surface area contributed by atoms with Gasteiger partial charge in [-0.05, 0) is 61.1 Å². The second-order valence-corrected chi connectivity index (χ2v) is 11.6. The van der Waals surface area contributed by atoms with Crippen molar-refractivity contribution in [3.8, 4) is 11.1 Å². The van der Waals surface area contributed by atoms with Gasteiger partial charge in [0.05, 0.1) is 13.2 Å². The van der Waals surface area contributed by atoms with Gasteiger partial charge in [0.15, 0.2) is 6.29 Å². The van der Waals surface area contributed by atoms with Gasteiger partial charge in [0.2, 0.25) is 0 Å². The Morgan fingerprint density at radius 2 is 1.27 bits per heavy atom. The fraction of sp³-hybridized carbons (Fsp3) is 0.647. The molecule has 0 bridgehead atoms. The van der Waals surface area contributed by atoms with Crippen LogP contribution in [0.2, 0.25) is 0 Å². The molecule has 0 unspecified atom stereocenters. The first-order valence-corrected chi connectivity index (χ1v) is 15.3. The Bertz CT molecular complexity index is 908. The molecule has 0 N–H and O–H groups in total. The third-order valence-corrected chi connectivity index (χ3v) is 8.70. The molecule has 2 aliphatic rings. The number of rotatable bonds is 13. The van der Waals surface area contributed by atoms with E-state index in [0.29, 0.717) is 17.4 Å². The highest BCUT2D eigenvalue weighted by Crippen LogP contribution is 2.39. The first kappa shape index (κ1) is 28.3. The largest absolute Gasteiger partial charge is 0.348 e. The lowest BCUT2D eigenvalue weighted by Gasteiger charge is -2.30. The van der Waals surface area contributed by atoms with Gasteiger partial charge < -0.3 is 9.47 Å². The quantitative estimate of drug-likeness (QED) is 0.251. The maximum atomic E-state index is 15.2. The van der Waals surface area contributed by atoms with Gasteiger partial charge in [-0.2, -0.15) is 0 Å². The van der Waals surface area contributed by atoms with Gasteiger partial charge >= 0.3 is 0 Å². The average Bonchev–Trinajstić information content (AvgIpc) is 2.94. The van der Waals surface area contributed by atoms with Crippen molar-refractivity contribution in [3.05, 3.63) is 59.4 Å². The summed E-state index contributed by atoms with van der Waals surface area (Å²) in [5.41, 5.74) is 3.78. The summed E-state index contributed by atoms with van der Waals surface area (Å²) >= 11 is 0. The molecule has 1 heterocycles. The van der Waals surface area contributed by atoms with Gasteiger partial charge in [-0.1, -0.05) is 108 Å². The molecule has 0 radical (unpaired) electrons. The fourth-order valence-electron chi connectivity index (χ4n) is 6.25. The van der Waals surface area contributed by atoms with Crippen molar-refractivity contribution in [2.75, 3.05) is 13.2 Å². The Labute approximate surface area is 225 Å². The summed E-state index contributed by atoms with van der Waals surface area (Å²) in [6, 6.07) is 14.0. The molecule has 37 heavy (non-hydrogen) atoms. The summed E-state index contributed by atoms with van der Waals surface area (Å²) in [4.78, 5) is 0. The summed E-state index contributed by atoms with van der Waals surface area (Å²) in [7, 11) is 0. The van der Waals surface area contributed by atoms with Crippen LogP contribution in [0.5, 0.6) is 0 Å². The van der Waals surface area contributed by atoms with Crippen LogP contribution in [0.1, 0.15) is 127 Å². The van der Waals surface area contributed by atoms with E-state index in [1.165, 1.54) is 95.5 Å². The number of benzene rings is 2. The highest BCUT2D eigenvalue weighted by atomic mass is 19.1. The summed E-state index contributed by atoms with van der Waals surface area (Å²) in [6.07, 6.45) is 17.8.